The number of ether oxygens (including phenoxy) is 1. The normalized spacial score (nSPS) is 13.2. The molecule has 0 radical (unpaired) electrons. The number of rotatable bonds is 7. The molecule has 8 heteroatoms. The Hall–Kier alpha value is -2.71. The highest BCUT2D eigenvalue weighted by Gasteiger charge is 2.23. The van der Waals surface area contributed by atoms with E-state index < -0.39 is 35.1 Å². The molecule has 0 aliphatic heterocycles. The van der Waals surface area contributed by atoms with E-state index in [1.165, 1.54) is 30.3 Å². The summed E-state index contributed by atoms with van der Waals surface area (Å²) < 4.78 is 30.8. The van der Waals surface area contributed by atoms with Crippen LogP contribution in [0.25, 0.3) is 0 Å². The van der Waals surface area contributed by atoms with Crippen molar-refractivity contribution in [1.29, 1.82) is 0 Å². The van der Waals surface area contributed by atoms with Gasteiger partial charge in [0.25, 0.3) is 5.91 Å². The molecule has 0 spiro atoms. The zero-order chi connectivity index (χ0) is 21.0. The minimum absolute atomic E-state index is 0.0905. The number of carbonyl (C=O) groups is 2. The monoisotopic (exact) mass is 416 g/mol. The van der Waals surface area contributed by atoms with Gasteiger partial charge in [-0.1, -0.05) is 23.8 Å². The van der Waals surface area contributed by atoms with Gasteiger partial charge in [-0.05, 0) is 61.6 Å². The fourth-order valence-electron chi connectivity index (χ4n) is 3.20. The van der Waals surface area contributed by atoms with Crippen LogP contribution < -0.4 is 5.32 Å². The van der Waals surface area contributed by atoms with E-state index in [4.69, 9.17) is 4.74 Å². The number of aryl methyl sites for hydroxylation is 3. The zero-order valence-corrected chi connectivity index (χ0v) is 17.3. The van der Waals surface area contributed by atoms with Gasteiger partial charge in [0.2, 0.25) is 10.0 Å². The lowest BCUT2D eigenvalue weighted by molar-refractivity contribution is -0.147. The molecule has 0 aromatic heterocycles. The summed E-state index contributed by atoms with van der Waals surface area (Å²) in [4.78, 5) is 24.1. The first-order valence-corrected chi connectivity index (χ1v) is 10.8. The highest BCUT2D eigenvalue weighted by Crippen LogP contribution is 2.24. The van der Waals surface area contributed by atoms with Crippen molar-refractivity contribution in [1.82, 2.24) is 4.31 Å². The van der Waals surface area contributed by atoms with Gasteiger partial charge in [0.1, 0.15) is 6.54 Å². The lowest BCUT2D eigenvalue weighted by Gasteiger charge is -2.16. The third-order valence-corrected chi connectivity index (χ3v) is 6.65. The molecule has 154 valence electrons. The molecule has 0 fully saturated rings. The first-order chi connectivity index (χ1) is 13.8. The van der Waals surface area contributed by atoms with Crippen LogP contribution in [0.15, 0.2) is 47.4 Å². The molecule has 7 nitrogen and oxygen atoms in total. The minimum Gasteiger partial charge on any atom is -0.455 e. The summed E-state index contributed by atoms with van der Waals surface area (Å²) in [6, 6.07) is 12.1. The van der Waals surface area contributed by atoms with Gasteiger partial charge in [-0.3, -0.25) is 9.59 Å². The van der Waals surface area contributed by atoms with Crippen LogP contribution in [0, 0.1) is 6.92 Å². The molecule has 2 aromatic carbocycles. The fraction of sp³-hybridized carbons (Fsp3) is 0.333. The topological polar surface area (TPSA) is 92.8 Å². The second-order valence-corrected chi connectivity index (χ2v) is 9.16. The number of nitrogens with zero attached hydrogens (tertiary/aromatic N) is 1. The van der Waals surface area contributed by atoms with Gasteiger partial charge in [-0.15, -0.1) is 0 Å². The van der Waals surface area contributed by atoms with Gasteiger partial charge in [0.15, 0.2) is 6.61 Å². The molecular weight excluding hydrogens is 392 g/mol. The van der Waals surface area contributed by atoms with Crippen molar-refractivity contribution in [2.45, 2.75) is 31.1 Å². The van der Waals surface area contributed by atoms with Crippen molar-refractivity contribution in [3.8, 4) is 0 Å². The average Bonchev–Trinajstić information content (AvgIpc) is 3.14. The summed E-state index contributed by atoms with van der Waals surface area (Å²) in [6.45, 7) is 0.891. The average molecular weight is 416 g/mol. The molecule has 0 heterocycles. The van der Waals surface area contributed by atoms with Crippen molar-refractivity contribution < 1.29 is 22.7 Å². The van der Waals surface area contributed by atoms with Crippen LogP contribution >= 0.6 is 0 Å². The molecule has 3 rings (SSSR count). The summed E-state index contributed by atoms with van der Waals surface area (Å²) in [5, 5.41) is 2.69. The maximum atomic E-state index is 12.5. The first kappa shape index (κ1) is 21.0. The standard InChI is InChI=1S/C21H24N2O5S/c1-15-6-10-19(11-7-15)29(26,27)23(2)13-21(25)28-14-20(24)22-18-9-8-16-4-3-5-17(16)12-18/h6-12H,3-5,13-14H2,1-2H3,(H,22,24). The molecule has 0 saturated heterocycles. The summed E-state index contributed by atoms with van der Waals surface area (Å²) in [5.74, 6) is -1.27. The molecule has 1 N–H and O–H groups in total. The molecule has 1 aliphatic carbocycles. The Bertz CT molecular complexity index is 1020. The number of anilines is 1. The van der Waals surface area contributed by atoms with Crippen molar-refractivity contribution in [2.24, 2.45) is 0 Å². The summed E-state index contributed by atoms with van der Waals surface area (Å²) in [6.07, 6.45) is 3.17. The molecule has 0 bridgehead atoms. The fourth-order valence-corrected chi connectivity index (χ4v) is 4.31. The van der Waals surface area contributed by atoms with Crippen LogP contribution in [-0.2, 0) is 37.2 Å². The first-order valence-electron chi connectivity index (χ1n) is 9.36. The number of hydrogen-bond donors (Lipinski definition) is 1. The van der Waals surface area contributed by atoms with Crippen LogP contribution in [-0.4, -0.2) is 44.8 Å². The van der Waals surface area contributed by atoms with Crippen molar-refractivity contribution in [3.05, 3.63) is 59.2 Å². The van der Waals surface area contributed by atoms with E-state index in [0.717, 1.165) is 29.1 Å². The molecule has 2 aromatic rings. The number of benzene rings is 2. The van der Waals surface area contributed by atoms with Gasteiger partial charge in [0.05, 0.1) is 4.90 Å². The molecule has 1 amide bonds. The number of amides is 1. The van der Waals surface area contributed by atoms with Crippen molar-refractivity contribution in [3.63, 3.8) is 0 Å². The second-order valence-electron chi connectivity index (χ2n) is 7.12. The van der Waals surface area contributed by atoms with Crippen LogP contribution in [0.3, 0.4) is 0 Å². The number of carbonyl (C=O) groups excluding carboxylic acids is 2. The van der Waals surface area contributed by atoms with Gasteiger partial charge >= 0.3 is 5.97 Å². The van der Waals surface area contributed by atoms with Gasteiger partial charge in [-0.2, -0.15) is 4.31 Å². The molecule has 0 unspecified atom stereocenters. The number of nitrogens with one attached hydrogen (secondary N) is 1. The Labute approximate surface area is 170 Å². The van der Waals surface area contributed by atoms with Gasteiger partial charge in [-0.25, -0.2) is 8.42 Å². The Balaban J connectivity index is 1.50. The number of likely N-dealkylation sites (N-methyl/N-ethyl adjacent to an activating group) is 1. The maximum absolute atomic E-state index is 12.5. The molecular formula is C21H24N2O5S. The number of esters is 1. The third kappa shape index (κ3) is 5.21. The van der Waals surface area contributed by atoms with Crippen molar-refractivity contribution in [2.75, 3.05) is 25.5 Å². The highest BCUT2D eigenvalue weighted by atomic mass is 32.2. The quantitative estimate of drug-likeness (QED) is 0.699. The summed E-state index contributed by atoms with van der Waals surface area (Å²) in [7, 11) is -2.52. The van der Waals surface area contributed by atoms with Gasteiger partial charge in [0, 0.05) is 12.7 Å². The van der Waals surface area contributed by atoms with E-state index >= 15 is 0 Å². The van der Waals surface area contributed by atoms with Crippen LogP contribution in [0.4, 0.5) is 5.69 Å². The van der Waals surface area contributed by atoms with E-state index in [9.17, 15) is 18.0 Å². The lowest BCUT2D eigenvalue weighted by atomic mass is 10.1. The van der Waals surface area contributed by atoms with E-state index in [-0.39, 0.29) is 4.90 Å². The molecule has 0 saturated carbocycles. The van der Waals surface area contributed by atoms with E-state index in [1.807, 2.05) is 25.1 Å². The molecule has 29 heavy (non-hydrogen) atoms. The van der Waals surface area contributed by atoms with Crippen LogP contribution in [0.1, 0.15) is 23.1 Å². The van der Waals surface area contributed by atoms with Gasteiger partial charge < -0.3 is 10.1 Å². The smallest absolute Gasteiger partial charge is 0.321 e. The Kier molecular flexibility index (Phi) is 6.34. The largest absolute Gasteiger partial charge is 0.455 e. The lowest BCUT2D eigenvalue weighted by Crippen LogP contribution is -2.34. The number of fused-ring (bicyclic) bond motifs is 1. The van der Waals surface area contributed by atoms with Crippen LogP contribution in [0.2, 0.25) is 0 Å². The van der Waals surface area contributed by atoms with E-state index in [1.54, 1.807) is 12.1 Å². The predicted molar refractivity (Wildman–Crippen MR) is 109 cm³/mol. The Morgan fingerprint density at radius 2 is 1.76 bits per heavy atom. The third-order valence-electron chi connectivity index (χ3n) is 4.83. The minimum atomic E-state index is -3.81. The van der Waals surface area contributed by atoms with Crippen LogP contribution in [0.5, 0.6) is 0 Å². The summed E-state index contributed by atoms with van der Waals surface area (Å²) in [5.41, 5.74) is 4.11. The second kappa shape index (κ2) is 8.75. The summed E-state index contributed by atoms with van der Waals surface area (Å²) >= 11 is 0. The Morgan fingerprint density at radius 3 is 2.48 bits per heavy atom. The SMILES string of the molecule is Cc1ccc(S(=O)(=O)N(C)CC(=O)OCC(=O)Nc2ccc3c(c2)CCC3)cc1. The molecule has 1 aliphatic rings. The van der Waals surface area contributed by atoms with E-state index in [0.29, 0.717) is 5.69 Å². The Morgan fingerprint density at radius 1 is 1.07 bits per heavy atom. The number of sulfonamides is 1. The number of hydrogen-bond acceptors (Lipinski definition) is 5. The van der Waals surface area contributed by atoms with E-state index in [2.05, 4.69) is 5.32 Å². The zero-order valence-electron chi connectivity index (χ0n) is 16.5. The highest BCUT2D eigenvalue weighted by molar-refractivity contribution is 7.89. The predicted octanol–water partition coefficient (Wildman–Crippen LogP) is 2.29. The van der Waals surface area contributed by atoms with Crippen molar-refractivity contribution >= 4 is 27.6 Å². The maximum Gasteiger partial charge on any atom is 0.321 e. The molecule has 0 atom stereocenters.